The monoisotopic (exact) mass is 338 g/mol. The Kier molecular flexibility index (Phi) is 3.90. The number of benzene rings is 1. The molecule has 6 nitrogen and oxygen atoms in total. The van der Waals surface area contributed by atoms with Crippen LogP contribution in [-0.2, 0) is 23.5 Å². The number of aryl methyl sites for hydroxylation is 1. The number of aromatic nitrogens is 1. The molecule has 1 aromatic carbocycles. The molecule has 0 fully saturated rings. The van der Waals surface area contributed by atoms with Crippen molar-refractivity contribution in [3.8, 4) is 0 Å². The van der Waals surface area contributed by atoms with Gasteiger partial charge >= 0.3 is 5.76 Å². The van der Waals surface area contributed by atoms with Crippen LogP contribution in [-0.4, -0.2) is 19.5 Å². The van der Waals surface area contributed by atoms with E-state index in [1.54, 1.807) is 30.6 Å². The van der Waals surface area contributed by atoms with Crippen molar-refractivity contribution in [2.45, 2.75) is 10.6 Å². The van der Waals surface area contributed by atoms with Gasteiger partial charge in [-0.15, -0.1) is 11.3 Å². The highest BCUT2D eigenvalue weighted by Gasteiger charge is 2.14. The molecule has 0 saturated carbocycles. The Hall–Kier alpha value is -1.90. The SMILES string of the molecule is Cn1c(=O)oc2ccc(CCNS(=O)(=O)c3cccs3)cc21. The number of hydrogen-bond acceptors (Lipinski definition) is 5. The molecule has 3 rings (SSSR count). The fourth-order valence-electron chi connectivity index (χ4n) is 2.15. The van der Waals surface area contributed by atoms with Crippen LogP contribution in [0.15, 0.2) is 49.1 Å². The van der Waals surface area contributed by atoms with Crippen LogP contribution in [0, 0.1) is 0 Å². The predicted octanol–water partition coefficient (Wildman–Crippen LogP) is 1.71. The number of hydrogen-bond donors (Lipinski definition) is 1. The zero-order valence-corrected chi connectivity index (χ0v) is 13.4. The van der Waals surface area contributed by atoms with Gasteiger partial charge in [0.25, 0.3) is 0 Å². The normalized spacial score (nSPS) is 12.0. The summed E-state index contributed by atoms with van der Waals surface area (Å²) in [5.74, 6) is -0.412. The molecular formula is C14H14N2O4S2. The van der Waals surface area contributed by atoms with Gasteiger partial charge in [-0.05, 0) is 35.6 Å². The van der Waals surface area contributed by atoms with Crippen LogP contribution in [0.3, 0.4) is 0 Å². The standard InChI is InChI=1S/C14H14N2O4S2/c1-16-11-9-10(4-5-12(11)20-14(16)17)6-7-15-22(18,19)13-3-2-8-21-13/h2-5,8-9,15H,6-7H2,1H3. The molecule has 0 spiro atoms. The number of oxazole rings is 1. The van der Waals surface area contributed by atoms with Gasteiger partial charge in [0.05, 0.1) is 5.52 Å². The Balaban J connectivity index is 1.72. The summed E-state index contributed by atoms with van der Waals surface area (Å²) < 4.78 is 33.3. The Morgan fingerprint density at radius 1 is 1.32 bits per heavy atom. The molecule has 0 unspecified atom stereocenters. The minimum Gasteiger partial charge on any atom is -0.408 e. The van der Waals surface area contributed by atoms with Gasteiger partial charge in [0.1, 0.15) is 4.21 Å². The maximum atomic E-state index is 12.0. The molecule has 3 aromatic rings. The van der Waals surface area contributed by atoms with Crippen LogP contribution in [0.5, 0.6) is 0 Å². The van der Waals surface area contributed by atoms with Crippen LogP contribution < -0.4 is 10.5 Å². The maximum Gasteiger partial charge on any atom is 0.419 e. The summed E-state index contributed by atoms with van der Waals surface area (Å²) in [5.41, 5.74) is 2.15. The average Bonchev–Trinajstić information content (AvgIpc) is 3.10. The lowest BCUT2D eigenvalue weighted by molar-refractivity contribution is 0.528. The van der Waals surface area contributed by atoms with E-state index < -0.39 is 15.8 Å². The molecule has 0 aliphatic heterocycles. The highest BCUT2D eigenvalue weighted by molar-refractivity contribution is 7.91. The van der Waals surface area contributed by atoms with Gasteiger partial charge in [0.15, 0.2) is 5.58 Å². The maximum absolute atomic E-state index is 12.0. The first-order valence-corrected chi connectivity index (χ1v) is 8.95. The first kappa shape index (κ1) is 15.0. The third-order valence-corrected chi connectivity index (χ3v) is 6.18. The van der Waals surface area contributed by atoms with Gasteiger partial charge in [0.2, 0.25) is 10.0 Å². The van der Waals surface area contributed by atoms with E-state index in [9.17, 15) is 13.2 Å². The first-order valence-electron chi connectivity index (χ1n) is 6.59. The zero-order valence-electron chi connectivity index (χ0n) is 11.8. The van der Waals surface area contributed by atoms with E-state index in [0.29, 0.717) is 21.7 Å². The quantitative estimate of drug-likeness (QED) is 0.768. The van der Waals surface area contributed by atoms with Crippen molar-refractivity contribution in [2.75, 3.05) is 6.54 Å². The number of sulfonamides is 1. The van der Waals surface area contributed by atoms with Gasteiger partial charge in [-0.2, -0.15) is 0 Å². The summed E-state index contributed by atoms with van der Waals surface area (Å²) in [6, 6.07) is 8.65. The molecule has 0 amide bonds. The van der Waals surface area contributed by atoms with Crippen molar-refractivity contribution in [1.82, 2.24) is 9.29 Å². The van der Waals surface area contributed by atoms with Crippen molar-refractivity contribution in [3.05, 3.63) is 51.8 Å². The topological polar surface area (TPSA) is 81.3 Å². The summed E-state index contributed by atoms with van der Waals surface area (Å²) in [6.45, 7) is 0.289. The van der Waals surface area contributed by atoms with E-state index in [0.717, 1.165) is 5.56 Å². The number of thiophene rings is 1. The fraction of sp³-hybridized carbons (Fsp3) is 0.214. The molecule has 1 N–H and O–H groups in total. The van der Waals surface area contributed by atoms with E-state index in [4.69, 9.17) is 4.42 Å². The van der Waals surface area contributed by atoms with Crippen LogP contribution in [0.2, 0.25) is 0 Å². The molecule has 2 heterocycles. The van der Waals surface area contributed by atoms with E-state index in [1.807, 2.05) is 12.1 Å². The third-order valence-electron chi connectivity index (χ3n) is 3.32. The Labute approximate surface area is 131 Å². The van der Waals surface area contributed by atoms with Crippen molar-refractivity contribution in [2.24, 2.45) is 7.05 Å². The van der Waals surface area contributed by atoms with Crippen molar-refractivity contribution < 1.29 is 12.8 Å². The summed E-state index contributed by atoms with van der Waals surface area (Å²) >= 11 is 1.18. The number of nitrogens with zero attached hydrogens (tertiary/aromatic N) is 1. The predicted molar refractivity (Wildman–Crippen MR) is 84.7 cm³/mol. The van der Waals surface area contributed by atoms with Crippen LogP contribution in [0.4, 0.5) is 0 Å². The fourth-order valence-corrected chi connectivity index (χ4v) is 4.21. The van der Waals surface area contributed by atoms with E-state index >= 15 is 0 Å². The molecule has 116 valence electrons. The molecule has 0 saturated heterocycles. The lowest BCUT2D eigenvalue weighted by Gasteiger charge is -2.05. The van der Waals surface area contributed by atoms with Crippen LogP contribution in [0.1, 0.15) is 5.56 Å². The number of nitrogens with one attached hydrogen (secondary N) is 1. The molecule has 8 heteroatoms. The van der Waals surface area contributed by atoms with E-state index in [1.165, 1.54) is 15.9 Å². The zero-order chi connectivity index (χ0) is 15.7. The van der Waals surface area contributed by atoms with Crippen molar-refractivity contribution in [3.63, 3.8) is 0 Å². The second-order valence-electron chi connectivity index (χ2n) is 4.81. The largest absolute Gasteiger partial charge is 0.419 e. The van der Waals surface area contributed by atoms with Crippen LogP contribution in [0.25, 0.3) is 11.1 Å². The van der Waals surface area contributed by atoms with E-state index in [2.05, 4.69) is 4.72 Å². The molecule has 0 aliphatic carbocycles. The summed E-state index contributed by atoms with van der Waals surface area (Å²) in [7, 11) is -1.80. The molecule has 22 heavy (non-hydrogen) atoms. The van der Waals surface area contributed by atoms with Gasteiger partial charge in [-0.3, -0.25) is 4.57 Å². The lowest BCUT2D eigenvalue weighted by Crippen LogP contribution is -2.25. The summed E-state index contributed by atoms with van der Waals surface area (Å²) in [6.07, 6.45) is 0.528. The van der Waals surface area contributed by atoms with Gasteiger partial charge in [-0.25, -0.2) is 17.9 Å². The van der Waals surface area contributed by atoms with Gasteiger partial charge < -0.3 is 4.42 Å². The van der Waals surface area contributed by atoms with Crippen molar-refractivity contribution in [1.29, 1.82) is 0 Å². The number of fused-ring (bicyclic) bond motifs is 1. The Morgan fingerprint density at radius 3 is 2.86 bits per heavy atom. The number of rotatable bonds is 5. The van der Waals surface area contributed by atoms with Crippen LogP contribution >= 0.6 is 11.3 Å². The molecule has 0 radical (unpaired) electrons. The first-order chi connectivity index (χ1) is 10.5. The van der Waals surface area contributed by atoms with Gasteiger partial charge in [-0.1, -0.05) is 12.1 Å². The smallest absolute Gasteiger partial charge is 0.408 e. The molecule has 0 atom stereocenters. The lowest BCUT2D eigenvalue weighted by atomic mass is 10.1. The highest BCUT2D eigenvalue weighted by atomic mass is 32.2. The highest BCUT2D eigenvalue weighted by Crippen LogP contribution is 2.16. The molecule has 2 aromatic heterocycles. The summed E-state index contributed by atoms with van der Waals surface area (Å²) in [5, 5.41) is 1.72. The molecule has 0 bridgehead atoms. The second kappa shape index (κ2) is 5.71. The minimum atomic E-state index is -3.44. The average molecular weight is 338 g/mol. The van der Waals surface area contributed by atoms with Gasteiger partial charge in [0, 0.05) is 13.6 Å². The Bertz CT molecular complexity index is 953. The molecular weight excluding hydrogens is 324 g/mol. The van der Waals surface area contributed by atoms with Crippen molar-refractivity contribution >= 4 is 32.5 Å². The van der Waals surface area contributed by atoms with E-state index in [-0.39, 0.29) is 6.54 Å². The summed E-state index contributed by atoms with van der Waals surface area (Å²) in [4.78, 5) is 11.4. The third kappa shape index (κ3) is 2.85. The molecule has 0 aliphatic rings. The Morgan fingerprint density at radius 2 is 2.14 bits per heavy atom. The minimum absolute atomic E-state index is 0.289. The second-order valence-corrected chi connectivity index (χ2v) is 7.75.